The van der Waals surface area contributed by atoms with E-state index >= 15 is 0 Å². The molecular weight excluding hydrogens is 376 g/mol. The lowest BCUT2D eigenvalue weighted by atomic mass is 10.2. The Morgan fingerprint density at radius 3 is 2.48 bits per heavy atom. The predicted octanol–water partition coefficient (Wildman–Crippen LogP) is 4.41. The Hall–Kier alpha value is -2.49. The molecule has 1 aromatic carbocycles. The first kappa shape index (κ1) is 20.8. The van der Waals surface area contributed by atoms with E-state index in [1.165, 1.54) is 23.4 Å². The van der Waals surface area contributed by atoms with E-state index in [4.69, 9.17) is 10.00 Å². The molecule has 0 amide bonds. The van der Waals surface area contributed by atoms with E-state index in [1.54, 1.807) is 24.8 Å². The Bertz CT molecular complexity index is 828. The summed E-state index contributed by atoms with van der Waals surface area (Å²) in [5, 5.41) is 9.04. The van der Waals surface area contributed by atoms with Crippen LogP contribution in [0.5, 0.6) is 0 Å². The predicted molar refractivity (Wildman–Crippen MR) is 111 cm³/mol. The SMILES string of the molecule is CCOC(=O)/C=C/C(=C(\SCC#N)SCc1ccccc1)[n+]1ccccc1. The number of pyridine rings is 1. The summed E-state index contributed by atoms with van der Waals surface area (Å²) in [6.07, 6.45) is 7.01. The van der Waals surface area contributed by atoms with Crippen LogP contribution < -0.4 is 4.57 Å². The number of ether oxygens (including phenoxy) is 1. The molecule has 6 heteroatoms. The van der Waals surface area contributed by atoms with E-state index in [9.17, 15) is 4.79 Å². The first-order valence-corrected chi connectivity index (χ1v) is 10.4. The molecule has 0 atom stereocenters. The van der Waals surface area contributed by atoms with Crippen molar-refractivity contribution < 1.29 is 14.1 Å². The molecule has 0 saturated carbocycles. The van der Waals surface area contributed by atoms with Crippen LogP contribution in [0, 0.1) is 11.3 Å². The van der Waals surface area contributed by atoms with E-state index in [1.807, 2.05) is 53.4 Å². The third-order valence-corrected chi connectivity index (χ3v) is 5.75. The van der Waals surface area contributed by atoms with Gasteiger partial charge in [0.25, 0.3) is 0 Å². The van der Waals surface area contributed by atoms with Gasteiger partial charge in [-0.3, -0.25) is 0 Å². The summed E-state index contributed by atoms with van der Waals surface area (Å²) in [5.41, 5.74) is 2.04. The molecule has 138 valence electrons. The molecular formula is C21H21N2O2S2+. The molecule has 2 aromatic rings. The maximum atomic E-state index is 11.8. The van der Waals surface area contributed by atoms with Crippen LogP contribution in [0.25, 0.3) is 5.70 Å². The van der Waals surface area contributed by atoms with Crippen LogP contribution in [-0.2, 0) is 15.3 Å². The van der Waals surface area contributed by atoms with E-state index < -0.39 is 0 Å². The maximum Gasteiger partial charge on any atom is 0.330 e. The van der Waals surface area contributed by atoms with Crippen LogP contribution in [-0.4, -0.2) is 18.3 Å². The van der Waals surface area contributed by atoms with Crippen molar-refractivity contribution in [3.05, 3.63) is 82.9 Å². The number of esters is 1. The number of nitrogens with zero attached hydrogens (tertiary/aromatic N) is 2. The zero-order valence-electron chi connectivity index (χ0n) is 15.1. The molecule has 0 aliphatic heterocycles. The minimum atomic E-state index is -0.385. The van der Waals surface area contributed by atoms with Crippen LogP contribution in [0.3, 0.4) is 0 Å². The van der Waals surface area contributed by atoms with Crippen LogP contribution in [0.1, 0.15) is 12.5 Å². The van der Waals surface area contributed by atoms with E-state index in [-0.39, 0.29) is 5.97 Å². The molecule has 0 spiro atoms. The number of hydrogen-bond donors (Lipinski definition) is 0. The topological polar surface area (TPSA) is 54.0 Å². The molecule has 0 aliphatic rings. The van der Waals surface area contributed by atoms with Crippen LogP contribution in [0.2, 0.25) is 0 Å². The lowest BCUT2D eigenvalue weighted by molar-refractivity contribution is -0.578. The number of thioether (sulfide) groups is 2. The Morgan fingerprint density at radius 2 is 1.81 bits per heavy atom. The lowest BCUT2D eigenvalue weighted by Gasteiger charge is -2.07. The summed E-state index contributed by atoms with van der Waals surface area (Å²) in [6, 6.07) is 18.1. The Kier molecular flexibility index (Phi) is 9.25. The maximum absolute atomic E-state index is 11.8. The summed E-state index contributed by atoms with van der Waals surface area (Å²) in [6.45, 7) is 2.11. The van der Waals surface area contributed by atoms with E-state index in [0.717, 1.165) is 15.7 Å². The highest BCUT2D eigenvalue weighted by Gasteiger charge is 2.16. The second-order valence-corrected chi connectivity index (χ2v) is 7.49. The van der Waals surface area contributed by atoms with Crippen LogP contribution >= 0.6 is 23.5 Å². The van der Waals surface area contributed by atoms with Gasteiger partial charge in [0.1, 0.15) is 4.24 Å². The first-order chi connectivity index (χ1) is 13.2. The van der Waals surface area contributed by atoms with Gasteiger partial charge < -0.3 is 4.74 Å². The number of rotatable bonds is 9. The molecule has 1 heterocycles. The summed E-state index contributed by atoms with van der Waals surface area (Å²) in [5.74, 6) is 0.726. The van der Waals surface area contributed by atoms with Gasteiger partial charge in [0.05, 0.1) is 18.4 Å². The zero-order chi connectivity index (χ0) is 19.3. The lowest BCUT2D eigenvalue weighted by Crippen LogP contribution is -2.30. The zero-order valence-corrected chi connectivity index (χ0v) is 16.7. The molecule has 2 rings (SSSR count). The molecule has 0 radical (unpaired) electrons. The van der Waals surface area contributed by atoms with Gasteiger partial charge in [-0.05, 0) is 12.5 Å². The number of nitriles is 1. The van der Waals surface area contributed by atoms with Gasteiger partial charge >= 0.3 is 5.97 Å². The van der Waals surface area contributed by atoms with Gasteiger partial charge in [0.15, 0.2) is 12.4 Å². The van der Waals surface area contributed by atoms with Gasteiger partial charge in [-0.15, -0.1) is 11.8 Å². The van der Waals surface area contributed by atoms with Gasteiger partial charge in [-0.25, -0.2) is 4.79 Å². The monoisotopic (exact) mass is 397 g/mol. The normalized spacial score (nSPS) is 11.7. The average Bonchev–Trinajstić information content (AvgIpc) is 2.71. The molecule has 0 bridgehead atoms. The highest BCUT2D eigenvalue weighted by atomic mass is 32.2. The molecule has 0 unspecified atom stereocenters. The van der Waals surface area contributed by atoms with Crippen molar-refractivity contribution in [2.24, 2.45) is 0 Å². The fraction of sp³-hybridized carbons (Fsp3) is 0.190. The van der Waals surface area contributed by atoms with Crippen molar-refractivity contribution in [3.63, 3.8) is 0 Å². The molecule has 0 N–H and O–H groups in total. The van der Waals surface area contributed by atoms with Crippen LogP contribution in [0.4, 0.5) is 0 Å². The number of aromatic nitrogens is 1. The highest BCUT2D eigenvalue weighted by molar-refractivity contribution is 8.22. The second kappa shape index (κ2) is 12.0. The number of allylic oxidation sites excluding steroid dienone is 2. The first-order valence-electron chi connectivity index (χ1n) is 8.47. The molecule has 0 aliphatic carbocycles. The van der Waals surface area contributed by atoms with Crippen molar-refractivity contribution in [2.45, 2.75) is 12.7 Å². The number of hydrogen-bond acceptors (Lipinski definition) is 5. The number of carbonyl (C=O) groups is 1. The quantitative estimate of drug-likeness (QED) is 0.271. The standard InChI is InChI=1S/C21H21N2O2S2/c1-2-25-20(24)12-11-19(23-14-7-4-8-15-23)21(26-16-13-22)27-17-18-9-5-3-6-10-18/h3-12,14-15H,2,16-17H2,1H3/q+1/b12-11+,21-19-. The van der Waals surface area contributed by atoms with Crippen molar-refractivity contribution in [3.8, 4) is 6.07 Å². The van der Waals surface area contributed by atoms with Gasteiger partial charge in [0.2, 0.25) is 5.70 Å². The molecule has 27 heavy (non-hydrogen) atoms. The van der Waals surface area contributed by atoms with Crippen LogP contribution in [0.15, 0.2) is 77.3 Å². The Morgan fingerprint density at radius 1 is 1.11 bits per heavy atom. The Balaban J connectivity index is 2.36. The highest BCUT2D eigenvalue weighted by Crippen LogP contribution is 2.34. The van der Waals surface area contributed by atoms with Crippen molar-refractivity contribution >= 4 is 35.2 Å². The fourth-order valence-corrected chi connectivity index (χ4v) is 4.18. The van der Waals surface area contributed by atoms with E-state index in [0.29, 0.717) is 12.4 Å². The van der Waals surface area contributed by atoms with E-state index in [2.05, 4.69) is 18.2 Å². The third-order valence-electron chi connectivity index (χ3n) is 3.35. The van der Waals surface area contributed by atoms with Gasteiger partial charge in [-0.2, -0.15) is 9.83 Å². The fourth-order valence-electron chi connectivity index (χ4n) is 2.17. The smallest absolute Gasteiger partial charge is 0.330 e. The Labute approximate surface area is 168 Å². The number of benzene rings is 1. The summed E-state index contributed by atoms with van der Waals surface area (Å²) < 4.78 is 7.90. The number of carbonyl (C=O) groups excluding carboxylic acids is 1. The average molecular weight is 398 g/mol. The minimum Gasteiger partial charge on any atom is -0.463 e. The van der Waals surface area contributed by atoms with Gasteiger partial charge in [0, 0.05) is 30.0 Å². The molecule has 0 fully saturated rings. The summed E-state index contributed by atoms with van der Waals surface area (Å²) in [7, 11) is 0. The van der Waals surface area contributed by atoms with Crippen molar-refractivity contribution in [2.75, 3.05) is 12.4 Å². The molecule has 1 aromatic heterocycles. The summed E-state index contributed by atoms with van der Waals surface area (Å²) >= 11 is 3.12. The van der Waals surface area contributed by atoms with Crippen molar-refractivity contribution in [1.29, 1.82) is 5.26 Å². The minimum absolute atomic E-state index is 0.333. The molecule has 4 nitrogen and oxygen atoms in total. The van der Waals surface area contributed by atoms with Gasteiger partial charge in [-0.1, -0.05) is 48.2 Å². The largest absolute Gasteiger partial charge is 0.463 e. The molecule has 0 saturated heterocycles. The van der Waals surface area contributed by atoms with Crippen molar-refractivity contribution in [1.82, 2.24) is 0 Å². The summed E-state index contributed by atoms with van der Waals surface area (Å²) in [4.78, 5) is 11.8. The third kappa shape index (κ3) is 7.33. The second-order valence-electron chi connectivity index (χ2n) is 5.26.